The van der Waals surface area contributed by atoms with E-state index in [2.05, 4.69) is 5.92 Å². The van der Waals surface area contributed by atoms with E-state index in [1.54, 1.807) is 0 Å². The van der Waals surface area contributed by atoms with Crippen LogP contribution in [0.25, 0.3) is 0 Å². The number of ether oxygens (including phenoxy) is 2. The van der Waals surface area contributed by atoms with Crippen molar-refractivity contribution >= 4 is 0 Å². The Morgan fingerprint density at radius 3 is 3.00 bits per heavy atom. The van der Waals surface area contributed by atoms with Crippen molar-refractivity contribution in [1.82, 2.24) is 0 Å². The van der Waals surface area contributed by atoms with Gasteiger partial charge in [0.15, 0.2) is 11.5 Å². The molecule has 0 bridgehead atoms. The monoisotopic (exact) mass is 218 g/mol. The topological polar surface area (TPSA) is 38.7 Å². The fraction of sp³-hybridized carbons (Fsp3) is 0.385. The fourth-order valence-electron chi connectivity index (χ4n) is 1.68. The van der Waals surface area contributed by atoms with E-state index in [1.165, 1.54) is 0 Å². The van der Waals surface area contributed by atoms with Gasteiger partial charge in [0.2, 0.25) is 6.79 Å². The minimum atomic E-state index is -0.483. The van der Waals surface area contributed by atoms with E-state index in [0.29, 0.717) is 18.6 Å². The molecule has 0 fully saturated rings. The van der Waals surface area contributed by atoms with E-state index >= 15 is 0 Å². The molecule has 84 valence electrons. The first-order valence-electron chi connectivity index (χ1n) is 5.32. The molecule has 1 unspecified atom stereocenters. The highest BCUT2D eigenvalue weighted by Crippen LogP contribution is 2.34. The molecule has 1 N–H and O–H groups in total. The third kappa shape index (κ3) is 2.29. The van der Waals surface area contributed by atoms with Crippen LogP contribution in [0.1, 0.15) is 30.9 Å². The minimum Gasteiger partial charge on any atom is -0.454 e. The van der Waals surface area contributed by atoms with Gasteiger partial charge in [-0.25, -0.2) is 0 Å². The van der Waals surface area contributed by atoms with Gasteiger partial charge in [-0.05, 0) is 30.5 Å². The van der Waals surface area contributed by atoms with Gasteiger partial charge in [-0.15, -0.1) is 12.3 Å². The summed E-state index contributed by atoms with van der Waals surface area (Å²) in [4.78, 5) is 0. The quantitative estimate of drug-likeness (QED) is 0.622. The number of terminal acetylenes is 1. The van der Waals surface area contributed by atoms with Crippen molar-refractivity contribution in [1.29, 1.82) is 0 Å². The van der Waals surface area contributed by atoms with Gasteiger partial charge in [0.05, 0.1) is 6.10 Å². The van der Waals surface area contributed by atoms with Crippen LogP contribution in [-0.4, -0.2) is 11.9 Å². The molecule has 1 atom stereocenters. The summed E-state index contributed by atoms with van der Waals surface area (Å²) in [6.07, 6.45) is 6.87. The molecule has 2 rings (SSSR count). The Bertz CT molecular complexity index is 406. The zero-order valence-corrected chi connectivity index (χ0v) is 8.98. The third-order valence-electron chi connectivity index (χ3n) is 2.58. The Labute approximate surface area is 95.0 Å². The maximum Gasteiger partial charge on any atom is 0.231 e. The molecular weight excluding hydrogens is 204 g/mol. The summed E-state index contributed by atoms with van der Waals surface area (Å²) >= 11 is 0. The predicted octanol–water partition coefficient (Wildman–Crippen LogP) is 2.25. The molecule has 3 heteroatoms. The van der Waals surface area contributed by atoms with Crippen LogP contribution >= 0.6 is 0 Å². The van der Waals surface area contributed by atoms with Crippen molar-refractivity contribution in [3.8, 4) is 23.8 Å². The van der Waals surface area contributed by atoms with Crippen LogP contribution < -0.4 is 9.47 Å². The van der Waals surface area contributed by atoms with E-state index in [4.69, 9.17) is 15.9 Å². The molecule has 1 aliphatic rings. The van der Waals surface area contributed by atoms with E-state index in [-0.39, 0.29) is 6.79 Å². The highest BCUT2D eigenvalue weighted by atomic mass is 16.7. The number of rotatable bonds is 4. The summed E-state index contributed by atoms with van der Waals surface area (Å²) in [6, 6.07) is 5.50. The van der Waals surface area contributed by atoms with Crippen LogP contribution in [0.15, 0.2) is 18.2 Å². The van der Waals surface area contributed by atoms with E-state index < -0.39 is 6.10 Å². The average Bonchev–Trinajstić information content (AvgIpc) is 2.76. The van der Waals surface area contributed by atoms with Crippen LogP contribution in [0.2, 0.25) is 0 Å². The molecule has 0 saturated carbocycles. The van der Waals surface area contributed by atoms with Crippen molar-refractivity contribution < 1.29 is 14.6 Å². The van der Waals surface area contributed by atoms with Crippen molar-refractivity contribution in [2.24, 2.45) is 0 Å². The first kappa shape index (κ1) is 10.8. The molecule has 0 spiro atoms. The molecule has 1 aromatic carbocycles. The SMILES string of the molecule is C#CCCCC(O)c1ccc2c(c1)OCO2. The number of hydrogen-bond donors (Lipinski definition) is 1. The van der Waals surface area contributed by atoms with Gasteiger partial charge in [-0.2, -0.15) is 0 Å². The second-order valence-corrected chi connectivity index (χ2v) is 3.72. The Hall–Kier alpha value is -1.66. The Morgan fingerprint density at radius 2 is 2.19 bits per heavy atom. The maximum absolute atomic E-state index is 9.91. The molecule has 0 aliphatic carbocycles. The molecule has 1 aromatic rings. The molecule has 0 amide bonds. The molecular formula is C13H14O3. The Morgan fingerprint density at radius 1 is 1.38 bits per heavy atom. The molecule has 1 aliphatic heterocycles. The van der Waals surface area contributed by atoms with Crippen LogP contribution in [0, 0.1) is 12.3 Å². The first-order valence-corrected chi connectivity index (χ1v) is 5.32. The predicted molar refractivity (Wildman–Crippen MR) is 60.2 cm³/mol. The number of aliphatic hydroxyl groups excluding tert-OH is 1. The minimum absolute atomic E-state index is 0.256. The van der Waals surface area contributed by atoms with Gasteiger partial charge in [0, 0.05) is 6.42 Å². The molecule has 16 heavy (non-hydrogen) atoms. The van der Waals surface area contributed by atoms with Crippen molar-refractivity contribution in [2.45, 2.75) is 25.4 Å². The van der Waals surface area contributed by atoms with Crippen LogP contribution in [-0.2, 0) is 0 Å². The average molecular weight is 218 g/mol. The van der Waals surface area contributed by atoms with Crippen molar-refractivity contribution in [3.05, 3.63) is 23.8 Å². The summed E-state index contributed by atoms with van der Waals surface area (Å²) in [5.74, 6) is 4.00. The highest BCUT2D eigenvalue weighted by molar-refractivity contribution is 5.45. The standard InChI is InChI=1S/C13H14O3/c1-2-3-4-5-11(14)10-6-7-12-13(8-10)16-9-15-12/h1,6-8,11,14H,3-5,9H2. The molecule has 0 aromatic heterocycles. The van der Waals surface area contributed by atoms with Gasteiger partial charge < -0.3 is 14.6 Å². The summed E-state index contributed by atoms with van der Waals surface area (Å²) in [5.41, 5.74) is 0.848. The summed E-state index contributed by atoms with van der Waals surface area (Å²) in [6.45, 7) is 0.256. The number of hydrogen-bond acceptors (Lipinski definition) is 3. The zero-order chi connectivity index (χ0) is 11.4. The third-order valence-corrected chi connectivity index (χ3v) is 2.58. The second kappa shape index (κ2) is 4.91. The highest BCUT2D eigenvalue weighted by Gasteiger charge is 2.16. The number of fused-ring (bicyclic) bond motifs is 1. The van der Waals surface area contributed by atoms with E-state index in [9.17, 15) is 5.11 Å². The maximum atomic E-state index is 9.91. The summed E-state index contributed by atoms with van der Waals surface area (Å²) in [7, 11) is 0. The van der Waals surface area contributed by atoms with Gasteiger partial charge >= 0.3 is 0 Å². The fourth-order valence-corrected chi connectivity index (χ4v) is 1.68. The number of unbranched alkanes of at least 4 members (excludes halogenated alkanes) is 1. The van der Waals surface area contributed by atoms with Gasteiger partial charge in [-0.1, -0.05) is 6.07 Å². The lowest BCUT2D eigenvalue weighted by molar-refractivity contribution is 0.163. The van der Waals surface area contributed by atoms with Crippen molar-refractivity contribution in [2.75, 3.05) is 6.79 Å². The zero-order valence-electron chi connectivity index (χ0n) is 8.98. The second-order valence-electron chi connectivity index (χ2n) is 3.72. The van der Waals surface area contributed by atoms with Crippen molar-refractivity contribution in [3.63, 3.8) is 0 Å². The van der Waals surface area contributed by atoms with Crippen LogP contribution in [0.4, 0.5) is 0 Å². The smallest absolute Gasteiger partial charge is 0.231 e. The van der Waals surface area contributed by atoms with Gasteiger partial charge in [0.1, 0.15) is 0 Å². The van der Waals surface area contributed by atoms with E-state index in [1.807, 2.05) is 18.2 Å². The molecule has 0 saturated heterocycles. The van der Waals surface area contributed by atoms with Gasteiger partial charge in [0.25, 0.3) is 0 Å². The van der Waals surface area contributed by atoms with Crippen LogP contribution in [0.3, 0.4) is 0 Å². The Balaban J connectivity index is 2.01. The van der Waals surface area contributed by atoms with Gasteiger partial charge in [-0.3, -0.25) is 0 Å². The Kier molecular flexibility index (Phi) is 3.33. The normalized spacial score (nSPS) is 14.5. The number of aliphatic hydroxyl groups is 1. The lowest BCUT2D eigenvalue weighted by atomic mass is 10.0. The number of benzene rings is 1. The first-order chi connectivity index (χ1) is 7.81. The summed E-state index contributed by atoms with van der Waals surface area (Å²) < 4.78 is 10.5. The molecule has 3 nitrogen and oxygen atoms in total. The van der Waals surface area contributed by atoms with E-state index in [0.717, 1.165) is 17.7 Å². The molecule has 0 radical (unpaired) electrons. The van der Waals surface area contributed by atoms with Crippen LogP contribution in [0.5, 0.6) is 11.5 Å². The largest absolute Gasteiger partial charge is 0.454 e. The summed E-state index contributed by atoms with van der Waals surface area (Å²) in [5, 5.41) is 9.91. The lowest BCUT2D eigenvalue weighted by Crippen LogP contribution is -1.97. The molecule has 1 heterocycles. The lowest BCUT2D eigenvalue weighted by Gasteiger charge is -2.10.